The third-order valence-electron chi connectivity index (χ3n) is 2.73. The molecule has 0 atom stereocenters. The molecule has 1 saturated heterocycles. The molecule has 18 heavy (non-hydrogen) atoms. The molecule has 2 rings (SSSR count). The van der Waals surface area contributed by atoms with Crippen molar-refractivity contribution in [1.82, 2.24) is 4.90 Å². The van der Waals surface area contributed by atoms with Crippen LogP contribution in [0.4, 0.5) is 10.1 Å². The highest BCUT2D eigenvalue weighted by atomic mass is 19.1. The Kier molecular flexibility index (Phi) is 3.45. The summed E-state index contributed by atoms with van der Waals surface area (Å²) in [6, 6.07) is 3.46. The van der Waals surface area contributed by atoms with Gasteiger partial charge in [-0.15, -0.1) is 0 Å². The van der Waals surface area contributed by atoms with E-state index >= 15 is 0 Å². The number of amides is 2. The van der Waals surface area contributed by atoms with Crippen LogP contribution in [0.2, 0.25) is 0 Å². The molecule has 1 fully saturated rings. The molecule has 0 bridgehead atoms. The third kappa shape index (κ3) is 2.77. The van der Waals surface area contributed by atoms with Crippen molar-refractivity contribution >= 4 is 17.5 Å². The Morgan fingerprint density at radius 3 is 2.89 bits per heavy atom. The lowest BCUT2D eigenvalue weighted by molar-refractivity contribution is -0.131. The second-order valence-electron chi connectivity index (χ2n) is 4.13. The Hall–Kier alpha value is -2.11. The summed E-state index contributed by atoms with van der Waals surface area (Å²) in [6.45, 7) is 0.490. The van der Waals surface area contributed by atoms with Crippen LogP contribution in [0, 0.1) is 5.82 Å². The van der Waals surface area contributed by atoms with Gasteiger partial charge in [-0.1, -0.05) is 0 Å². The van der Waals surface area contributed by atoms with Crippen LogP contribution in [0.5, 0.6) is 5.75 Å². The van der Waals surface area contributed by atoms with Gasteiger partial charge < -0.3 is 15.3 Å². The standard InChI is InChI=1S/C12H13FN2O3/c13-9-6-8(16)3-4-10(9)14-11(17)7-15-5-1-2-12(15)18/h3-4,6,16H,1-2,5,7H2,(H,14,17). The van der Waals surface area contributed by atoms with E-state index in [0.717, 1.165) is 12.5 Å². The lowest BCUT2D eigenvalue weighted by atomic mass is 10.3. The number of nitrogens with zero attached hydrogens (tertiary/aromatic N) is 1. The predicted octanol–water partition coefficient (Wildman–Crippen LogP) is 1.09. The first kappa shape index (κ1) is 12.3. The third-order valence-corrected chi connectivity index (χ3v) is 2.73. The van der Waals surface area contributed by atoms with Gasteiger partial charge in [0.05, 0.1) is 12.2 Å². The van der Waals surface area contributed by atoms with Gasteiger partial charge in [-0.3, -0.25) is 9.59 Å². The van der Waals surface area contributed by atoms with Crippen LogP contribution in [0.3, 0.4) is 0 Å². The van der Waals surface area contributed by atoms with Gasteiger partial charge in [-0.25, -0.2) is 4.39 Å². The molecule has 5 nitrogen and oxygen atoms in total. The molecule has 0 spiro atoms. The molecule has 1 aromatic carbocycles. The molecule has 0 radical (unpaired) electrons. The van der Waals surface area contributed by atoms with Crippen molar-refractivity contribution in [2.75, 3.05) is 18.4 Å². The first-order valence-electron chi connectivity index (χ1n) is 5.62. The van der Waals surface area contributed by atoms with Crippen molar-refractivity contribution in [3.05, 3.63) is 24.0 Å². The van der Waals surface area contributed by atoms with Crippen LogP contribution in [-0.4, -0.2) is 34.9 Å². The van der Waals surface area contributed by atoms with Crippen LogP contribution in [-0.2, 0) is 9.59 Å². The summed E-state index contributed by atoms with van der Waals surface area (Å²) in [6.07, 6.45) is 1.21. The molecule has 1 aliphatic heterocycles. The fourth-order valence-corrected chi connectivity index (χ4v) is 1.84. The Bertz CT molecular complexity index is 490. The summed E-state index contributed by atoms with van der Waals surface area (Å²) in [5.41, 5.74) is -0.00977. The zero-order valence-electron chi connectivity index (χ0n) is 9.65. The molecule has 2 N–H and O–H groups in total. The molecule has 1 aromatic rings. The zero-order valence-corrected chi connectivity index (χ0v) is 9.65. The Morgan fingerprint density at radius 2 is 2.28 bits per heavy atom. The quantitative estimate of drug-likeness (QED) is 0.791. The number of rotatable bonds is 3. The van der Waals surface area contributed by atoms with E-state index in [-0.39, 0.29) is 23.9 Å². The molecular formula is C12H13FN2O3. The minimum Gasteiger partial charge on any atom is -0.508 e. The lowest BCUT2D eigenvalue weighted by Crippen LogP contribution is -2.34. The van der Waals surface area contributed by atoms with Crippen molar-refractivity contribution < 1.29 is 19.1 Å². The van der Waals surface area contributed by atoms with Crippen LogP contribution in [0.25, 0.3) is 0 Å². The van der Waals surface area contributed by atoms with Crippen molar-refractivity contribution in [3.8, 4) is 5.75 Å². The van der Waals surface area contributed by atoms with Gasteiger partial charge in [0, 0.05) is 19.0 Å². The van der Waals surface area contributed by atoms with Crippen molar-refractivity contribution in [3.63, 3.8) is 0 Å². The monoisotopic (exact) mass is 252 g/mol. The number of aromatic hydroxyl groups is 1. The number of nitrogens with one attached hydrogen (secondary N) is 1. The van der Waals surface area contributed by atoms with Gasteiger partial charge in [-0.05, 0) is 18.6 Å². The number of halogens is 1. The molecule has 0 aliphatic carbocycles. The first-order chi connectivity index (χ1) is 8.56. The molecule has 6 heteroatoms. The SMILES string of the molecule is O=C(CN1CCCC1=O)Nc1ccc(O)cc1F. The average molecular weight is 252 g/mol. The second kappa shape index (κ2) is 5.03. The Balaban J connectivity index is 1.96. The largest absolute Gasteiger partial charge is 0.508 e. The van der Waals surface area contributed by atoms with E-state index in [9.17, 15) is 14.0 Å². The van der Waals surface area contributed by atoms with E-state index in [0.29, 0.717) is 13.0 Å². The minimum absolute atomic E-state index is 0.00977. The number of hydrogen-bond acceptors (Lipinski definition) is 3. The van der Waals surface area contributed by atoms with E-state index in [4.69, 9.17) is 5.11 Å². The number of benzene rings is 1. The molecule has 1 heterocycles. The Morgan fingerprint density at radius 1 is 1.50 bits per heavy atom. The highest BCUT2D eigenvalue weighted by Gasteiger charge is 2.22. The van der Waals surface area contributed by atoms with E-state index < -0.39 is 11.7 Å². The van der Waals surface area contributed by atoms with E-state index in [1.807, 2.05) is 0 Å². The summed E-state index contributed by atoms with van der Waals surface area (Å²) in [7, 11) is 0. The maximum Gasteiger partial charge on any atom is 0.244 e. The molecule has 96 valence electrons. The maximum atomic E-state index is 13.3. The molecule has 0 unspecified atom stereocenters. The molecule has 0 aromatic heterocycles. The van der Waals surface area contributed by atoms with Crippen LogP contribution in [0.15, 0.2) is 18.2 Å². The minimum atomic E-state index is -0.712. The lowest BCUT2D eigenvalue weighted by Gasteiger charge is -2.15. The predicted molar refractivity (Wildman–Crippen MR) is 62.5 cm³/mol. The number of likely N-dealkylation sites (tertiary alicyclic amines) is 1. The number of phenolic OH excluding ortho intramolecular Hbond substituents is 1. The number of hydrogen-bond donors (Lipinski definition) is 2. The molecule has 0 saturated carbocycles. The topological polar surface area (TPSA) is 69.6 Å². The van der Waals surface area contributed by atoms with Gasteiger partial charge in [0.2, 0.25) is 11.8 Å². The molecular weight excluding hydrogens is 239 g/mol. The van der Waals surface area contributed by atoms with Crippen LogP contribution < -0.4 is 5.32 Å². The molecule has 1 aliphatic rings. The summed E-state index contributed by atoms with van der Waals surface area (Å²) in [4.78, 5) is 24.4. The van der Waals surface area contributed by atoms with Gasteiger partial charge in [0.15, 0.2) is 0 Å². The number of carbonyl (C=O) groups excluding carboxylic acids is 2. The highest BCUT2D eigenvalue weighted by molar-refractivity contribution is 5.95. The van der Waals surface area contributed by atoms with Gasteiger partial charge >= 0.3 is 0 Å². The molecule has 2 amide bonds. The van der Waals surface area contributed by atoms with Crippen molar-refractivity contribution in [2.45, 2.75) is 12.8 Å². The zero-order chi connectivity index (χ0) is 13.1. The summed E-state index contributed by atoms with van der Waals surface area (Å²) in [5.74, 6) is -1.43. The maximum absolute atomic E-state index is 13.3. The fourth-order valence-electron chi connectivity index (χ4n) is 1.84. The highest BCUT2D eigenvalue weighted by Crippen LogP contribution is 2.19. The number of carbonyl (C=O) groups is 2. The summed E-state index contributed by atoms with van der Waals surface area (Å²) in [5, 5.41) is 11.4. The van der Waals surface area contributed by atoms with Gasteiger partial charge in [-0.2, -0.15) is 0 Å². The smallest absolute Gasteiger partial charge is 0.244 e. The average Bonchev–Trinajstić information content (AvgIpc) is 2.69. The van der Waals surface area contributed by atoms with Crippen LogP contribution in [0.1, 0.15) is 12.8 Å². The fraction of sp³-hybridized carbons (Fsp3) is 0.333. The Labute approximate surface area is 103 Å². The van der Waals surface area contributed by atoms with Gasteiger partial charge in [0.1, 0.15) is 11.6 Å². The summed E-state index contributed by atoms with van der Waals surface area (Å²) >= 11 is 0. The number of phenols is 1. The van der Waals surface area contributed by atoms with Crippen LogP contribution >= 0.6 is 0 Å². The van der Waals surface area contributed by atoms with E-state index in [1.54, 1.807) is 0 Å². The van der Waals surface area contributed by atoms with E-state index in [1.165, 1.54) is 17.0 Å². The van der Waals surface area contributed by atoms with Crippen molar-refractivity contribution in [1.29, 1.82) is 0 Å². The van der Waals surface area contributed by atoms with Crippen molar-refractivity contribution in [2.24, 2.45) is 0 Å². The van der Waals surface area contributed by atoms with Gasteiger partial charge in [0.25, 0.3) is 0 Å². The number of anilines is 1. The van der Waals surface area contributed by atoms with E-state index in [2.05, 4.69) is 5.32 Å². The summed E-state index contributed by atoms with van der Waals surface area (Å²) < 4.78 is 13.3. The normalized spacial score (nSPS) is 14.9. The first-order valence-corrected chi connectivity index (χ1v) is 5.62. The second-order valence-corrected chi connectivity index (χ2v) is 4.13.